The first-order valence-electron chi connectivity index (χ1n) is 9.97. The van der Waals surface area contributed by atoms with Gasteiger partial charge in [0.25, 0.3) is 5.91 Å². The van der Waals surface area contributed by atoms with Gasteiger partial charge in [0.1, 0.15) is 0 Å². The zero-order valence-electron chi connectivity index (χ0n) is 18.2. The summed E-state index contributed by atoms with van der Waals surface area (Å²) in [5.41, 5.74) is 7.59. The van der Waals surface area contributed by atoms with Gasteiger partial charge in [-0.05, 0) is 35.9 Å². The molecule has 9 heteroatoms. The molecule has 4 amide bonds. The molecule has 0 fully saturated rings. The SMILES string of the molecule is COc1cc(NC(=O)Cc2cccc(NC(=O)Nc3ccccc3)c2)c(C(N)=O)cc1OC. The van der Waals surface area contributed by atoms with Crippen LogP contribution in [0.15, 0.2) is 66.7 Å². The highest BCUT2D eigenvalue weighted by Gasteiger charge is 2.17. The van der Waals surface area contributed by atoms with Crippen molar-refractivity contribution in [3.63, 3.8) is 0 Å². The van der Waals surface area contributed by atoms with Gasteiger partial charge in [0.05, 0.1) is 31.9 Å². The zero-order valence-corrected chi connectivity index (χ0v) is 18.2. The number of methoxy groups -OCH3 is 2. The first kappa shape index (κ1) is 23.1. The average molecular weight is 448 g/mol. The third kappa shape index (κ3) is 6.23. The molecule has 0 saturated carbocycles. The lowest BCUT2D eigenvalue weighted by Gasteiger charge is -2.14. The van der Waals surface area contributed by atoms with Crippen molar-refractivity contribution >= 4 is 34.9 Å². The van der Waals surface area contributed by atoms with Gasteiger partial charge < -0.3 is 31.2 Å². The van der Waals surface area contributed by atoms with Crippen molar-refractivity contribution in [2.75, 3.05) is 30.2 Å². The summed E-state index contributed by atoms with van der Waals surface area (Å²) in [5.74, 6) is -0.442. The molecule has 3 rings (SSSR count). The van der Waals surface area contributed by atoms with Crippen LogP contribution in [0.1, 0.15) is 15.9 Å². The minimum absolute atomic E-state index is 0.00235. The Hall–Kier alpha value is -4.53. The topological polar surface area (TPSA) is 132 Å². The second kappa shape index (κ2) is 10.7. The van der Waals surface area contributed by atoms with Crippen molar-refractivity contribution in [2.45, 2.75) is 6.42 Å². The highest BCUT2D eigenvalue weighted by molar-refractivity contribution is 6.04. The molecule has 0 spiro atoms. The van der Waals surface area contributed by atoms with Crippen LogP contribution < -0.4 is 31.2 Å². The Bertz CT molecular complexity index is 1160. The fraction of sp³-hybridized carbons (Fsp3) is 0.125. The monoisotopic (exact) mass is 448 g/mol. The predicted octanol–water partition coefficient (Wildman–Crippen LogP) is 3.63. The molecule has 0 atom stereocenters. The number of ether oxygens (including phenoxy) is 2. The molecule has 3 aromatic rings. The molecule has 170 valence electrons. The molecule has 0 aromatic heterocycles. The van der Waals surface area contributed by atoms with Gasteiger partial charge in [-0.3, -0.25) is 9.59 Å². The van der Waals surface area contributed by atoms with E-state index in [1.807, 2.05) is 18.2 Å². The van der Waals surface area contributed by atoms with E-state index in [0.717, 1.165) is 0 Å². The van der Waals surface area contributed by atoms with Gasteiger partial charge in [-0.2, -0.15) is 0 Å². The first-order valence-corrected chi connectivity index (χ1v) is 9.97. The van der Waals surface area contributed by atoms with Crippen molar-refractivity contribution in [2.24, 2.45) is 5.73 Å². The minimum Gasteiger partial charge on any atom is -0.493 e. The van der Waals surface area contributed by atoms with Gasteiger partial charge in [-0.25, -0.2) is 4.79 Å². The molecule has 0 unspecified atom stereocenters. The van der Waals surface area contributed by atoms with Crippen LogP contribution in [0.4, 0.5) is 21.9 Å². The zero-order chi connectivity index (χ0) is 23.8. The second-order valence-corrected chi connectivity index (χ2v) is 6.99. The lowest BCUT2D eigenvalue weighted by Crippen LogP contribution is -2.20. The lowest BCUT2D eigenvalue weighted by atomic mass is 10.1. The van der Waals surface area contributed by atoms with E-state index in [4.69, 9.17) is 15.2 Å². The van der Waals surface area contributed by atoms with Gasteiger partial charge in [-0.15, -0.1) is 0 Å². The van der Waals surface area contributed by atoms with Crippen LogP contribution >= 0.6 is 0 Å². The third-order valence-corrected chi connectivity index (χ3v) is 4.64. The molecule has 0 bridgehead atoms. The van der Waals surface area contributed by atoms with E-state index >= 15 is 0 Å². The maximum absolute atomic E-state index is 12.7. The lowest BCUT2D eigenvalue weighted by molar-refractivity contribution is -0.115. The van der Waals surface area contributed by atoms with Gasteiger partial charge in [0.15, 0.2) is 11.5 Å². The Kier molecular flexibility index (Phi) is 7.48. The average Bonchev–Trinajstić information content (AvgIpc) is 2.79. The van der Waals surface area contributed by atoms with Crippen LogP contribution in [0.3, 0.4) is 0 Å². The van der Waals surface area contributed by atoms with Crippen LogP contribution in [0.2, 0.25) is 0 Å². The van der Waals surface area contributed by atoms with Crippen LogP contribution in [-0.2, 0) is 11.2 Å². The van der Waals surface area contributed by atoms with Gasteiger partial charge in [0.2, 0.25) is 5.91 Å². The number of nitrogens with two attached hydrogens (primary N) is 1. The largest absolute Gasteiger partial charge is 0.493 e. The highest BCUT2D eigenvalue weighted by atomic mass is 16.5. The molecule has 0 aliphatic rings. The Balaban J connectivity index is 1.69. The molecular formula is C24H24N4O5. The van der Waals surface area contributed by atoms with Crippen LogP contribution in [0.25, 0.3) is 0 Å². The number of anilines is 3. The Morgan fingerprint density at radius 3 is 2.09 bits per heavy atom. The minimum atomic E-state index is -0.720. The third-order valence-electron chi connectivity index (χ3n) is 4.64. The number of carbonyl (C=O) groups is 3. The maximum Gasteiger partial charge on any atom is 0.323 e. The number of nitrogens with one attached hydrogen (secondary N) is 3. The summed E-state index contributed by atoms with van der Waals surface area (Å²) in [6.45, 7) is 0. The second-order valence-electron chi connectivity index (χ2n) is 6.99. The quantitative estimate of drug-likeness (QED) is 0.418. The number of amides is 4. The van der Waals surface area contributed by atoms with Crippen molar-refractivity contribution in [1.29, 1.82) is 0 Å². The fourth-order valence-corrected chi connectivity index (χ4v) is 3.14. The van der Waals surface area contributed by atoms with Crippen molar-refractivity contribution < 1.29 is 23.9 Å². The summed E-state index contributed by atoms with van der Waals surface area (Å²) < 4.78 is 10.4. The van der Waals surface area contributed by atoms with Gasteiger partial charge in [-0.1, -0.05) is 30.3 Å². The number of carbonyl (C=O) groups excluding carboxylic acids is 3. The Morgan fingerprint density at radius 1 is 0.788 bits per heavy atom. The van der Waals surface area contributed by atoms with Crippen molar-refractivity contribution in [1.82, 2.24) is 0 Å². The number of primary amides is 1. The van der Waals surface area contributed by atoms with E-state index in [-0.39, 0.29) is 23.6 Å². The van der Waals surface area contributed by atoms with E-state index in [0.29, 0.717) is 28.4 Å². The summed E-state index contributed by atoms with van der Waals surface area (Å²) in [6, 6.07) is 18.4. The number of rotatable bonds is 8. The fourth-order valence-electron chi connectivity index (χ4n) is 3.14. The molecule has 5 N–H and O–H groups in total. The summed E-state index contributed by atoms with van der Waals surface area (Å²) in [7, 11) is 2.88. The Labute approximate surface area is 190 Å². The number of benzene rings is 3. The maximum atomic E-state index is 12.7. The Morgan fingerprint density at radius 2 is 1.42 bits per heavy atom. The summed E-state index contributed by atoms with van der Waals surface area (Å²) in [4.78, 5) is 36.7. The summed E-state index contributed by atoms with van der Waals surface area (Å²) in [6.07, 6.45) is 0.00235. The van der Waals surface area contributed by atoms with E-state index in [9.17, 15) is 14.4 Å². The van der Waals surface area contributed by atoms with Gasteiger partial charge in [0, 0.05) is 17.4 Å². The van der Waals surface area contributed by atoms with E-state index in [2.05, 4.69) is 16.0 Å². The molecule has 33 heavy (non-hydrogen) atoms. The van der Waals surface area contributed by atoms with Crippen LogP contribution in [0, 0.1) is 0 Å². The normalized spacial score (nSPS) is 10.1. The predicted molar refractivity (Wildman–Crippen MR) is 126 cm³/mol. The molecule has 0 saturated heterocycles. The molecule has 0 aliphatic heterocycles. The van der Waals surface area contributed by atoms with Gasteiger partial charge >= 0.3 is 6.03 Å². The van der Waals surface area contributed by atoms with Crippen LogP contribution in [0.5, 0.6) is 11.5 Å². The molecular weight excluding hydrogens is 424 g/mol. The van der Waals surface area contributed by atoms with E-state index in [1.165, 1.54) is 26.4 Å². The molecule has 0 aliphatic carbocycles. The summed E-state index contributed by atoms with van der Waals surface area (Å²) >= 11 is 0. The molecule has 0 heterocycles. The standard InChI is InChI=1S/C24H24N4O5/c1-32-20-13-18(23(25)30)19(14-21(20)33-2)28-22(29)12-15-7-6-10-17(11-15)27-24(31)26-16-8-4-3-5-9-16/h3-11,13-14H,12H2,1-2H3,(H2,25,30)(H,28,29)(H2,26,27,31). The number of urea groups is 1. The first-order chi connectivity index (χ1) is 15.9. The number of para-hydroxylation sites is 1. The molecule has 3 aromatic carbocycles. The molecule has 9 nitrogen and oxygen atoms in total. The van der Waals surface area contributed by atoms with E-state index in [1.54, 1.807) is 36.4 Å². The number of hydrogen-bond donors (Lipinski definition) is 4. The smallest absolute Gasteiger partial charge is 0.323 e. The van der Waals surface area contributed by atoms with Crippen LogP contribution in [-0.4, -0.2) is 32.1 Å². The highest BCUT2D eigenvalue weighted by Crippen LogP contribution is 2.33. The molecule has 0 radical (unpaired) electrons. The number of hydrogen-bond acceptors (Lipinski definition) is 5. The van der Waals surface area contributed by atoms with Crippen molar-refractivity contribution in [3.8, 4) is 11.5 Å². The van der Waals surface area contributed by atoms with Crippen molar-refractivity contribution in [3.05, 3.63) is 77.9 Å². The van der Waals surface area contributed by atoms with E-state index < -0.39 is 11.9 Å². The summed E-state index contributed by atoms with van der Waals surface area (Å²) in [5, 5.41) is 8.14.